The van der Waals surface area contributed by atoms with Gasteiger partial charge in [-0.05, 0) is 17.7 Å². The van der Waals surface area contributed by atoms with Gasteiger partial charge in [0.05, 0.1) is 13.5 Å². The topological polar surface area (TPSA) is 87.7 Å². The Morgan fingerprint density at radius 3 is 2.50 bits per heavy atom. The highest BCUT2D eigenvalue weighted by Gasteiger charge is 2.07. The van der Waals surface area contributed by atoms with Crippen LogP contribution in [-0.2, 0) is 16.1 Å². The molecule has 1 aromatic carbocycles. The minimum atomic E-state index is -0.716. The molecule has 0 radical (unpaired) electrons. The molecule has 0 aliphatic carbocycles. The van der Waals surface area contributed by atoms with Crippen LogP contribution in [0.3, 0.4) is 0 Å². The van der Waals surface area contributed by atoms with Gasteiger partial charge in [0.25, 0.3) is 0 Å². The standard InChI is InChI=1S/C10H12N2O4/c1-16-12-10(15)11-9(14)6-7-2-4-8(13)5-3-7/h2-5,13H,6H2,1H3,(H2,11,12,14,15). The lowest BCUT2D eigenvalue weighted by atomic mass is 10.1. The van der Waals surface area contributed by atoms with Crippen molar-refractivity contribution in [2.45, 2.75) is 6.42 Å². The molecule has 6 nitrogen and oxygen atoms in total. The Hall–Kier alpha value is -2.08. The Kier molecular flexibility index (Phi) is 4.28. The lowest BCUT2D eigenvalue weighted by Gasteiger charge is -2.04. The van der Waals surface area contributed by atoms with Gasteiger partial charge < -0.3 is 5.11 Å². The molecule has 0 saturated carbocycles. The fraction of sp³-hybridized carbons (Fsp3) is 0.200. The van der Waals surface area contributed by atoms with E-state index in [9.17, 15) is 9.59 Å². The summed E-state index contributed by atoms with van der Waals surface area (Å²) in [7, 11) is 1.27. The van der Waals surface area contributed by atoms with Gasteiger partial charge in [-0.3, -0.25) is 14.9 Å². The van der Waals surface area contributed by atoms with Crippen molar-refractivity contribution in [2.75, 3.05) is 7.11 Å². The fourth-order valence-electron chi connectivity index (χ4n) is 1.09. The summed E-state index contributed by atoms with van der Waals surface area (Å²) >= 11 is 0. The average molecular weight is 224 g/mol. The Balaban J connectivity index is 2.45. The Morgan fingerprint density at radius 2 is 1.94 bits per heavy atom. The van der Waals surface area contributed by atoms with E-state index in [1.165, 1.54) is 19.2 Å². The number of phenolic OH excluding ortho intramolecular Hbond substituents is 1. The maximum absolute atomic E-state index is 11.3. The number of amides is 3. The molecule has 86 valence electrons. The third-order valence-corrected chi connectivity index (χ3v) is 1.75. The number of hydrogen-bond donors (Lipinski definition) is 3. The summed E-state index contributed by atoms with van der Waals surface area (Å²) in [6.45, 7) is 0. The van der Waals surface area contributed by atoms with Crippen molar-refractivity contribution < 1.29 is 19.5 Å². The van der Waals surface area contributed by atoms with E-state index in [-0.39, 0.29) is 12.2 Å². The zero-order valence-electron chi connectivity index (χ0n) is 8.69. The first-order chi connectivity index (χ1) is 7.61. The Labute approximate surface area is 92.2 Å². The number of imide groups is 1. The van der Waals surface area contributed by atoms with Gasteiger partial charge in [0.1, 0.15) is 5.75 Å². The van der Waals surface area contributed by atoms with E-state index in [2.05, 4.69) is 10.2 Å². The van der Waals surface area contributed by atoms with Crippen LogP contribution in [0.5, 0.6) is 5.75 Å². The lowest BCUT2D eigenvalue weighted by Crippen LogP contribution is -2.39. The highest BCUT2D eigenvalue weighted by Crippen LogP contribution is 2.09. The predicted molar refractivity (Wildman–Crippen MR) is 55.5 cm³/mol. The maximum atomic E-state index is 11.3. The van der Waals surface area contributed by atoms with Crippen molar-refractivity contribution in [3.05, 3.63) is 29.8 Å². The number of carbonyl (C=O) groups is 2. The van der Waals surface area contributed by atoms with Crippen molar-refractivity contribution in [3.8, 4) is 5.75 Å². The van der Waals surface area contributed by atoms with Crippen molar-refractivity contribution >= 4 is 11.9 Å². The van der Waals surface area contributed by atoms with Gasteiger partial charge in [0.15, 0.2) is 0 Å². The number of carbonyl (C=O) groups excluding carboxylic acids is 2. The van der Waals surface area contributed by atoms with Gasteiger partial charge >= 0.3 is 6.03 Å². The monoisotopic (exact) mass is 224 g/mol. The minimum absolute atomic E-state index is 0.0530. The SMILES string of the molecule is CONC(=O)NC(=O)Cc1ccc(O)cc1. The molecule has 3 amide bonds. The first-order valence-electron chi connectivity index (χ1n) is 4.52. The molecule has 0 heterocycles. The molecule has 0 atom stereocenters. The van der Waals surface area contributed by atoms with Gasteiger partial charge in [-0.2, -0.15) is 0 Å². The molecule has 0 spiro atoms. The lowest BCUT2D eigenvalue weighted by molar-refractivity contribution is -0.119. The molecule has 0 aromatic heterocycles. The zero-order chi connectivity index (χ0) is 12.0. The van der Waals surface area contributed by atoms with E-state index >= 15 is 0 Å². The van der Waals surface area contributed by atoms with Gasteiger partial charge in [-0.1, -0.05) is 12.1 Å². The number of benzene rings is 1. The van der Waals surface area contributed by atoms with Crippen LogP contribution in [0.15, 0.2) is 24.3 Å². The van der Waals surface area contributed by atoms with Crippen LogP contribution in [0.2, 0.25) is 0 Å². The maximum Gasteiger partial charge on any atom is 0.345 e. The molecule has 1 rings (SSSR count). The molecular weight excluding hydrogens is 212 g/mol. The van der Waals surface area contributed by atoms with Crippen molar-refractivity contribution in [1.29, 1.82) is 0 Å². The van der Waals surface area contributed by atoms with Crippen LogP contribution in [0.1, 0.15) is 5.56 Å². The first kappa shape index (κ1) is 12.0. The molecule has 1 aromatic rings. The quantitative estimate of drug-likeness (QED) is 0.645. The summed E-state index contributed by atoms with van der Waals surface area (Å²) in [6, 6.07) is 5.42. The summed E-state index contributed by atoms with van der Waals surface area (Å²) in [6.07, 6.45) is 0.0530. The second-order valence-corrected chi connectivity index (χ2v) is 3.03. The van der Waals surface area contributed by atoms with Crippen LogP contribution in [0, 0.1) is 0 Å². The van der Waals surface area contributed by atoms with E-state index in [1.54, 1.807) is 12.1 Å². The summed E-state index contributed by atoms with van der Waals surface area (Å²) in [5.74, 6) is -0.332. The van der Waals surface area contributed by atoms with Gasteiger partial charge in [0, 0.05) is 0 Å². The third kappa shape index (κ3) is 3.97. The number of rotatable bonds is 3. The van der Waals surface area contributed by atoms with Gasteiger partial charge in [-0.25, -0.2) is 10.3 Å². The van der Waals surface area contributed by atoms with Crippen LogP contribution in [0.25, 0.3) is 0 Å². The third-order valence-electron chi connectivity index (χ3n) is 1.75. The molecule has 0 aliphatic heterocycles. The molecule has 0 unspecified atom stereocenters. The summed E-state index contributed by atoms with van der Waals surface area (Å²) in [5, 5.41) is 11.1. The van der Waals surface area contributed by atoms with Crippen molar-refractivity contribution in [1.82, 2.24) is 10.8 Å². The first-order valence-corrected chi connectivity index (χ1v) is 4.52. The number of hydroxylamine groups is 1. The number of phenols is 1. The van der Waals surface area contributed by atoms with E-state index < -0.39 is 11.9 Å². The largest absolute Gasteiger partial charge is 0.508 e. The Morgan fingerprint density at radius 1 is 1.31 bits per heavy atom. The second kappa shape index (κ2) is 5.72. The molecule has 0 aliphatic rings. The molecule has 0 bridgehead atoms. The van der Waals surface area contributed by atoms with Gasteiger partial charge in [0.2, 0.25) is 5.91 Å². The summed E-state index contributed by atoms with van der Waals surface area (Å²) < 4.78 is 0. The molecule has 6 heteroatoms. The second-order valence-electron chi connectivity index (χ2n) is 3.03. The Bertz CT molecular complexity index is 375. The average Bonchev–Trinajstić information content (AvgIpc) is 2.21. The molecule has 0 fully saturated rings. The number of hydrogen-bond acceptors (Lipinski definition) is 4. The van der Waals surface area contributed by atoms with Crippen LogP contribution in [-0.4, -0.2) is 24.2 Å². The predicted octanol–water partition coefficient (Wildman–Crippen LogP) is 0.322. The molecular formula is C10H12N2O4. The van der Waals surface area contributed by atoms with Crippen molar-refractivity contribution in [3.63, 3.8) is 0 Å². The highest BCUT2D eigenvalue weighted by molar-refractivity contribution is 5.94. The van der Waals surface area contributed by atoms with Crippen LogP contribution < -0.4 is 10.8 Å². The molecule has 3 N–H and O–H groups in total. The van der Waals surface area contributed by atoms with Crippen molar-refractivity contribution in [2.24, 2.45) is 0 Å². The van der Waals surface area contributed by atoms with E-state index in [0.29, 0.717) is 5.56 Å². The van der Waals surface area contributed by atoms with E-state index in [0.717, 1.165) is 0 Å². The highest BCUT2D eigenvalue weighted by atomic mass is 16.6. The van der Waals surface area contributed by atoms with E-state index in [4.69, 9.17) is 5.11 Å². The van der Waals surface area contributed by atoms with Crippen LogP contribution in [0.4, 0.5) is 4.79 Å². The minimum Gasteiger partial charge on any atom is -0.508 e. The normalized spacial score (nSPS) is 9.56. The smallest absolute Gasteiger partial charge is 0.345 e. The van der Waals surface area contributed by atoms with Gasteiger partial charge in [-0.15, -0.1) is 0 Å². The van der Waals surface area contributed by atoms with Crippen LogP contribution >= 0.6 is 0 Å². The molecule has 16 heavy (non-hydrogen) atoms. The number of aromatic hydroxyl groups is 1. The van der Waals surface area contributed by atoms with E-state index in [1.807, 2.05) is 5.48 Å². The summed E-state index contributed by atoms with van der Waals surface area (Å²) in [5.41, 5.74) is 2.66. The number of nitrogens with one attached hydrogen (secondary N) is 2. The number of urea groups is 1. The zero-order valence-corrected chi connectivity index (χ0v) is 8.69. The molecule has 0 saturated heterocycles. The fourth-order valence-corrected chi connectivity index (χ4v) is 1.09. The summed E-state index contributed by atoms with van der Waals surface area (Å²) in [4.78, 5) is 26.5.